The van der Waals surface area contributed by atoms with Crippen LogP contribution in [-0.2, 0) is 0 Å². The van der Waals surface area contributed by atoms with E-state index in [0.717, 1.165) is 0 Å². The van der Waals surface area contributed by atoms with Gasteiger partial charge in [0.25, 0.3) is 0 Å². The third-order valence-electron chi connectivity index (χ3n) is 1.70. The van der Waals surface area contributed by atoms with Gasteiger partial charge in [-0.25, -0.2) is 0 Å². The van der Waals surface area contributed by atoms with Crippen molar-refractivity contribution in [3.05, 3.63) is 17.3 Å². The molecule has 0 amide bonds. The number of hydrogen-bond acceptors (Lipinski definition) is 3. The molecule has 0 aliphatic rings. The van der Waals surface area contributed by atoms with Crippen LogP contribution in [0.4, 0.5) is 18.9 Å². The lowest BCUT2D eigenvalue weighted by Gasteiger charge is -2.09. The lowest BCUT2D eigenvalue weighted by molar-refractivity contribution is -0.136. The summed E-state index contributed by atoms with van der Waals surface area (Å²) < 4.78 is 40.4. The van der Waals surface area contributed by atoms with E-state index in [4.69, 9.17) is 22.1 Å². The molecule has 90 valence electrons. The first-order valence-corrected chi connectivity index (χ1v) is 4.88. The van der Waals surface area contributed by atoms with E-state index in [1.54, 1.807) is 0 Å². The van der Waals surface area contributed by atoms with Gasteiger partial charge in [-0.2, -0.15) is 18.2 Å². The Kier molecular flexibility index (Phi) is 4.23. The number of nitrogens with zero attached hydrogens (tertiary/aromatic N) is 1. The zero-order chi connectivity index (χ0) is 12.2. The van der Waals surface area contributed by atoms with Crippen LogP contribution in [0.5, 0.6) is 5.88 Å². The fourth-order valence-electron chi connectivity index (χ4n) is 0.986. The van der Waals surface area contributed by atoms with E-state index in [2.05, 4.69) is 4.98 Å². The Balaban J connectivity index is 2.40. The van der Waals surface area contributed by atoms with Crippen LogP contribution in [-0.4, -0.2) is 17.8 Å². The van der Waals surface area contributed by atoms with Gasteiger partial charge in [0.1, 0.15) is 5.15 Å². The van der Waals surface area contributed by atoms with Crippen molar-refractivity contribution in [2.75, 3.05) is 12.3 Å². The van der Waals surface area contributed by atoms with Gasteiger partial charge in [-0.1, -0.05) is 11.6 Å². The Morgan fingerprint density at radius 3 is 2.69 bits per heavy atom. The van der Waals surface area contributed by atoms with Crippen LogP contribution < -0.4 is 10.5 Å². The second-order valence-electron chi connectivity index (χ2n) is 3.10. The summed E-state index contributed by atoms with van der Waals surface area (Å²) in [6, 6.07) is 2.95. The standard InChI is InChI=1S/C9H10ClF3N2O/c10-7-3-2-6(14)8(15-7)16-5-1-4-9(11,12)13/h2-3H,1,4-5,14H2. The number of pyridine rings is 1. The molecule has 0 bridgehead atoms. The van der Waals surface area contributed by atoms with Gasteiger partial charge in [-0.05, 0) is 18.6 Å². The number of nitrogen functional groups attached to an aromatic ring is 1. The molecule has 0 radical (unpaired) electrons. The van der Waals surface area contributed by atoms with Gasteiger partial charge in [0.05, 0.1) is 12.3 Å². The number of anilines is 1. The highest BCUT2D eigenvalue weighted by Crippen LogP contribution is 2.23. The molecule has 3 nitrogen and oxygen atoms in total. The number of alkyl halides is 3. The van der Waals surface area contributed by atoms with E-state index in [1.165, 1.54) is 12.1 Å². The maximum absolute atomic E-state index is 11.8. The zero-order valence-corrected chi connectivity index (χ0v) is 8.98. The Morgan fingerprint density at radius 2 is 2.06 bits per heavy atom. The summed E-state index contributed by atoms with van der Waals surface area (Å²) in [5, 5.41) is 0.181. The average molecular weight is 255 g/mol. The van der Waals surface area contributed by atoms with E-state index in [9.17, 15) is 13.2 Å². The summed E-state index contributed by atoms with van der Waals surface area (Å²) in [6.45, 7) is -0.100. The molecule has 1 heterocycles. The maximum Gasteiger partial charge on any atom is 0.389 e. The fraction of sp³-hybridized carbons (Fsp3) is 0.444. The van der Waals surface area contributed by atoms with Gasteiger partial charge >= 0.3 is 6.18 Å². The number of ether oxygens (including phenoxy) is 1. The van der Waals surface area contributed by atoms with E-state index < -0.39 is 12.6 Å². The molecule has 16 heavy (non-hydrogen) atoms. The van der Waals surface area contributed by atoms with E-state index in [1.807, 2.05) is 0 Å². The first-order chi connectivity index (χ1) is 7.38. The van der Waals surface area contributed by atoms with E-state index in [0.29, 0.717) is 0 Å². The maximum atomic E-state index is 11.8. The summed E-state index contributed by atoms with van der Waals surface area (Å²) in [5.41, 5.74) is 5.74. The second kappa shape index (κ2) is 5.25. The van der Waals surface area contributed by atoms with Crippen LogP contribution in [0, 0.1) is 0 Å². The summed E-state index contributed by atoms with van der Waals surface area (Å²) in [5.74, 6) is 0.0645. The molecule has 2 N–H and O–H groups in total. The second-order valence-corrected chi connectivity index (χ2v) is 3.48. The monoisotopic (exact) mass is 254 g/mol. The van der Waals surface area contributed by atoms with Crippen molar-refractivity contribution in [1.29, 1.82) is 0 Å². The minimum atomic E-state index is -4.17. The SMILES string of the molecule is Nc1ccc(Cl)nc1OCCCC(F)(F)F. The molecule has 0 spiro atoms. The van der Waals surface area contributed by atoms with E-state index >= 15 is 0 Å². The molecule has 0 atom stereocenters. The Hall–Kier alpha value is -1.17. The van der Waals surface area contributed by atoms with Gasteiger partial charge in [0, 0.05) is 6.42 Å². The molecular weight excluding hydrogens is 245 g/mol. The van der Waals surface area contributed by atoms with Crippen LogP contribution in [0.25, 0.3) is 0 Å². The number of rotatable bonds is 4. The molecule has 0 aliphatic heterocycles. The third kappa shape index (κ3) is 4.57. The number of aromatic nitrogens is 1. The van der Waals surface area contributed by atoms with Crippen LogP contribution >= 0.6 is 11.6 Å². The van der Waals surface area contributed by atoms with E-state index in [-0.39, 0.29) is 29.7 Å². The van der Waals surface area contributed by atoms with Gasteiger partial charge < -0.3 is 10.5 Å². The lowest BCUT2D eigenvalue weighted by atomic mass is 10.3. The summed E-state index contributed by atoms with van der Waals surface area (Å²) in [7, 11) is 0. The Labute approximate surface area is 95.4 Å². The minimum absolute atomic E-state index is 0.0645. The molecule has 0 saturated heterocycles. The molecular formula is C9H10ClF3N2O. The van der Waals surface area contributed by atoms with Crippen molar-refractivity contribution in [2.24, 2.45) is 0 Å². The van der Waals surface area contributed by atoms with Gasteiger partial charge in [-0.3, -0.25) is 0 Å². The minimum Gasteiger partial charge on any atom is -0.476 e. The molecule has 0 aliphatic carbocycles. The highest BCUT2D eigenvalue weighted by molar-refractivity contribution is 6.29. The first-order valence-electron chi connectivity index (χ1n) is 4.50. The zero-order valence-electron chi connectivity index (χ0n) is 8.22. The predicted molar refractivity (Wildman–Crippen MR) is 54.4 cm³/mol. The van der Waals surface area contributed by atoms with Crippen LogP contribution in [0.2, 0.25) is 5.15 Å². The molecule has 1 rings (SSSR count). The molecule has 0 aromatic carbocycles. The summed E-state index contributed by atoms with van der Waals surface area (Å²) in [4.78, 5) is 3.74. The van der Waals surface area contributed by atoms with Crippen molar-refractivity contribution in [3.63, 3.8) is 0 Å². The van der Waals surface area contributed by atoms with Crippen molar-refractivity contribution < 1.29 is 17.9 Å². The number of halogens is 4. The first kappa shape index (κ1) is 12.9. The van der Waals surface area contributed by atoms with Crippen LogP contribution in [0.1, 0.15) is 12.8 Å². The molecule has 0 unspecified atom stereocenters. The normalized spacial score (nSPS) is 11.5. The molecule has 1 aromatic heterocycles. The number of hydrogen-bond donors (Lipinski definition) is 1. The average Bonchev–Trinajstić information content (AvgIpc) is 2.16. The van der Waals surface area contributed by atoms with Crippen LogP contribution in [0.3, 0.4) is 0 Å². The number of nitrogens with two attached hydrogens (primary N) is 1. The smallest absolute Gasteiger partial charge is 0.389 e. The Bertz CT molecular complexity index is 357. The quantitative estimate of drug-likeness (QED) is 0.664. The molecule has 0 fully saturated rings. The predicted octanol–water partition coefficient (Wildman–Crippen LogP) is 3.04. The highest BCUT2D eigenvalue weighted by atomic mass is 35.5. The fourth-order valence-corrected chi connectivity index (χ4v) is 1.13. The summed E-state index contributed by atoms with van der Waals surface area (Å²) in [6.07, 6.45) is -5.21. The third-order valence-corrected chi connectivity index (χ3v) is 1.91. The van der Waals surface area contributed by atoms with Crippen molar-refractivity contribution in [1.82, 2.24) is 4.98 Å². The van der Waals surface area contributed by atoms with Gasteiger partial charge in [-0.15, -0.1) is 0 Å². The lowest BCUT2D eigenvalue weighted by Crippen LogP contribution is -2.10. The summed E-state index contributed by atoms with van der Waals surface area (Å²) >= 11 is 5.58. The van der Waals surface area contributed by atoms with Crippen molar-refractivity contribution in [2.45, 2.75) is 19.0 Å². The molecule has 0 saturated carbocycles. The molecule has 7 heteroatoms. The van der Waals surface area contributed by atoms with Gasteiger partial charge in [0.2, 0.25) is 5.88 Å². The topological polar surface area (TPSA) is 48.1 Å². The van der Waals surface area contributed by atoms with Crippen LogP contribution in [0.15, 0.2) is 12.1 Å². The largest absolute Gasteiger partial charge is 0.476 e. The molecule has 1 aromatic rings. The van der Waals surface area contributed by atoms with Crippen molar-refractivity contribution >= 4 is 17.3 Å². The Morgan fingerprint density at radius 1 is 1.38 bits per heavy atom. The van der Waals surface area contributed by atoms with Crippen molar-refractivity contribution in [3.8, 4) is 5.88 Å². The highest BCUT2D eigenvalue weighted by Gasteiger charge is 2.26. The van der Waals surface area contributed by atoms with Gasteiger partial charge in [0.15, 0.2) is 0 Å².